The van der Waals surface area contributed by atoms with Crippen molar-refractivity contribution in [2.24, 2.45) is 0 Å². The minimum absolute atomic E-state index is 0.513. The highest BCUT2D eigenvalue weighted by Crippen LogP contribution is 2.39. The van der Waals surface area contributed by atoms with Crippen molar-refractivity contribution in [1.29, 1.82) is 0 Å². The van der Waals surface area contributed by atoms with E-state index >= 15 is 0 Å². The number of aromatic nitrogens is 3. The fraction of sp³-hybridized carbons (Fsp3) is 0.118. The van der Waals surface area contributed by atoms with Crippen LogP contribution in [0.2, 0.25) is 0 Å². The molecule has 1 saturated heterocycles. The Bertz CT molecular complexity index is 2550. The molecule has 0 unspecified atom stereocenters. The van der Waals surface area contributed by atoms with Crippen molar-refractivity contribution in [1.82, 2.24) is 15.0 Å². The Kier molecular flexibility index (Phi) is 9.45. The van der Waals surface area contributed by atoms with Gasteiger partial charge in [-0.1, -0.05) is 176 Å². The second-order valence-corrected chi connectivity index (χ2v) is 15.5. The van der Waals surface area contributed by atoms with Crippen molar-refractivity contribution in [3.05, 3.63) is 182 Å². The first-order valence-electron chi connectivity index (χ1n) is 19.4. The molecule has 0 spiro atoms. The van der Waals surface area contributed by atoms with Crippen molar-refractivity contribution in [2.45, 2.75) is 38.9 Å². The fourth-order valence-electron chi connectivity index (χ4n) is 7.30. The van der Waals surface area contributed by atoms with Crippen LogP contribution in [0.5, 0.6) is 0 Å². The van der Waals surface area contributed by atoms with Crippen molar-refractivity contribution in [3.8, 4) is 78.7 Å². The van der Waals surface area contributed by atoms with E-state index in [4.69, 9.17) is 24.3 Å². The van der Waals surface area contributed by atoms with E-state index in [2.05, 4.69) is 191 Å². The molecule has 0 amide bonds. The zero-order chi connectivity index (χ0) is 39.0. The Hall–Kier alpha value is -6.47. The maximum atomic E-state index is 6.65. The molecule has 7 aromatic carbocycles. The van der Waals surface area contributed by atoms with E-state index in [-0.39, 0.29) is 0 Å². The van der Waals surface area contributed by atoms with E-state index < -0.39 is 18.3 Å². The van der Waals surface area contributed by atoms with E-state index in [9.17, 15) is 0 Å². The summed E-state index contributed by atoms with van der Waals surface area (Å²) in [7, 11) is -0.588. The Morgan fingerprint density at radius 3 is 1.12 bits per heavy atom. The van der Waals surface area contributed by atoms with Crippen LogP contribution in [0, 0.1) is 0 Å². The first-order chi connectivity index (χ1) is 27.7. The smallest absolute Gasteiger partial charge is 0.399 e. The molecule has 2 heterocycles. The molecule has 5 nitrogen and oxygen atoms in total. The van der Waals surface area contributed by atoms with Crippen LogP contribution in [-0.4, -0.2) is 33.3 Å². The van der Waals surface area contributed by atoms with Crippen molar-refractivity contribution >= 4 is 12.6 Å². The van der Waals surface area contributed by atoms with Crippen molar-refractivity contribution in [3.63, 3.8) is 0 Å². The monoisotopic (exact) mass is 739 g/mol. The highest BCUT2D eigenvalue weighted by atomic mass is 16.7. The van der Waals surface area contributed by atoms with Gasteiger partial charge in [-0.05, 0) is 83.7 Å². The lowest BCUT2D eigenvalue weighted by molar-refractivity contribution is 0.00578. The van der Waals surface area contributed by atoms with Crippen LogP contribution >= 0.6 is 0 Å². The molecule has 0 bridgehead atoms. The fourth-order valence-corrected chi connectivity index (χ4v) is 7.30. The van der Waals surface area contributed by atoms with Gasteiger partial charge in [-0.2, -0.15) is 0 Å². The van der Waals surface area contributed by atoms with Crippen LogP contribution in [-0.2, 0) is 9.31 Å². The molecule has 0 atom stereocenters. The van der Waals surface area contributed by atoms with Gasteiger partial charge in [0.2, 0.25) is 0 Å². The Morgan fingerprint density at radius 2 is 0.667 bits per heavy atom. The summed E-state index contributed by atoms with van der Waals surface area (Å²) in [6.45, 7) is 8.33. The molecular formula is C51H42BN3O2. The maximum Gasteiger partial charge on any atom is 0.494 e. The zero-order valence-electron chi connectivity index (χ0n) is 32.6. The standard InChI is InChI=1S/C51H42BN3O2/c1-50(2)51(3,4)57-52(56-50)44-33-42(46-23-15-14-22-45(46)39-20-12-7-13-21-39)32-43(34-44)49-54-47(40-28-24-37(25-29-40)35-16-8-5-9-17-35)53-48(55-49)41-30-26-38(27-31-41)36-18-10-6-11-19-36/h5-34H,1-4H3. The normalized spacial score (nSPS) is 14.4. The topological polar surface area (TPSA) is 57.1 Å². The van der Waals surface area contributed by atoms with Crippen LogP contribution in [0.15, 0.2) is 182 Å². The average molecular weight is 740 g/mol. The molecular weight excluding hydrogens is 697 g/mol. The third-order valence-electron chi connectivity index (χ3n) is 11.2. The average Bonchev–Trinajstić information content (AvgIpc) is 3.50. The number of hydrogen-bond donors (Lipinski definition) is 0. The van der Waals surface area contributed by atoms with Crippen LogP contribution < -0.4 is 5.46 Å². The molecule has 1 aliphatic heterocycles. The Balaban J connectivity index is 1.21. The third kappa shape index (κ3) is 7.33. The minimum Gasteiger partial charge on any atom is -0.399 e. The SMILES string of the molecule is CC1(C)OB(c2cc(-c3nc(-c4ccc(-c5ccccc5)cc4)nc(-c4ccc(-c5ccccc5)cc4)n3)cc(-c3ccccc3-c3ccccc3)c2)OC1(C)C. The van der Waals surface area contributed by atoms with Gasteiger partial charge in [0.05, 0.1) is 11.2 Å². The minimum atomic E-state index is -0.588. The van der Waals surface area contributed by atoms with Crippen molar-refractivity contribution < 1.29 is 9.31 Å². The molecule has 276 valence electrons. The summed E-state index contributed by atoms with van der Waals surface area (Å²) >= 11 is 0. The summed E-state index contributed by atoms with van der Waals surface area (Å²) in [6.07, 6.45) is 0. The summed E-state index contributed by atoms with van der Waals surface area (Å²) in [5.41, 5.74) is 11.4. The van der Waals surface area contributed by atoms with Gasteiger partial charge >= 0.3 is 7.12 Å². The molecule has 8 aromatic rings. The molecule has 57 heavy (non-hydrogen) atoms. The number of hydrogen-bond acceptors (Lipinski definition) is 5. The molecule has 9 rings (SSSR count). The van der Waals surface area contributed by atoms with E-state index in [1.807, 2.05) is 18.2 Å². The molecule has 0 aliphatic carbocycles. The number of nitrogens with zero attached hydrogens (tertiary/aromatic N) is 3. The molecule has 1 fully saturated rings. The number of rotatable bonds is 8. The summed E-state index contributed by atoms with van der Waals surface area (Å²) in [6, 6.07) is 63.1. The molecule has 6 heteroatoms. The summed E-state index contributed by atoms with van der Waals surface area (Å²) in [4.78, 5) is 15.5. The number of benzene rings is 7. The van der Waals surface area contributed by atoms with Crippen LogP contribution in [0.3, 0.4) is 0 Å². The maximum absolute atomic E-state index is 6.65. The van der Waals surface area contributed by atoms with E-state index in [0.717, 1.165) is 66.7 Å². The molecule has 0 radical (unpaired) electrons. The van der Waals surface area contributed by atoms with Crippen LogP contribution in [0.1, 0.15) is 27.7 Å². The second-order valence-electron chi connectivity index (χ2n) is 15.5. The summed E-state index contributed by atoms with van der Waals surface area (Å²) < 4.78 is 13.3. The van der Waals surface area contributed by atoms with Gasteiger partial charge in [-0.15, -0.1) is 0 Å². The van der Waals surface area contributed by atoms with Gasteiger partial charge in [0.25, 0.3) is 0 Å². The second kappa shape index (κ2) is 14.9. The first-order valence-corrected chi connectivity index (χ1v) is 19.4. The molecule has 0 saturated carbocycles. The van der Waals surface area contributed by atoms with Gasteiger partial charge in [-0.25, -0.2) is 15.0 Å². The molecule has 1 aromatic heterocycles. The highest BCUT2D eigenvalue weighted by molar-refractivity contribution is 6.62. The van der Waals surface area contributed by atoms with Crippen molar-refractivity contribution in [2.75, 3.05) is 0 Å². The predicted octanol–water partition coefficient (Wildman–Crippen LogP) is 11.8. The van der Waals surface area contributed by atoms with E-state index in [1.165, 1.54) is 0 Å². The third-order valence-corrected chi connectivity index (χ3v) is 11.2. The quantitative estimate of drug-likeness (QED) is 0.145. The van der Waals surface area contributed by atoms with E-state index in [0.29, 0.717) is 17.5 Å². The van der Waals surface area contributed by atoms with Crippen LogP contribution in [0.4, 0.5) is 0 Å². The van der Waals surface area contributed by atoms with Crippen LogP contribution in [0.25, 0.3) is 78.7 Å². The predicted molar refractivity (Wildman–Crippen MR) is 234 cm³/mol. The lowest BCUT2D eigenvalue weighted by atomic mass is 9.76. The summed E-state index contributed by atoms with van der Waals surface area (Å²) in [5.74, 6) is 1.74. The van der Waals surface area contributed by atoms with Gasteiger partial charge in [0.1, 0.15) is 0 Å². The highest BCUT2D eigenvalue weighted by Gasteiger charge is 2.51. The van der Waals surface area contributed by atoms with Gasteiger partial charge in [0, 0.05) is 16.7 Å². The van der Waals surface area contributed by atoms with E-state index in [1.54, 1.807) is 0 Å². The van der Waals surface area contributed by atoms with Gasteiger partial charge in [-0.3, -0.25) is 0 Å². The largest absolute Gasteiger partial charge is 0.494 e. The zero-order valence-corrected chi connectivity index (χ0v) is 32.6. The van der Waals surface area contributed by atoms with Gasteiger partial charge in [0.15, 0.2) is 17.5 Å². The summed E-state index contributed by atoms with van der Waals surface area (Å²) in [5, 5.41) is 0. The lowest BCUT2D eigenvalue weighted by Crippen LogP contribution is -2.41. The Morgan fingerprint density at radius 1 is 0.333 bits per heavy atom. The lowest BCUT2D eigenvalue weighted by Gasteiger charge is -2.32. The first kappa shape index (κ1) is 36.2. The van der Waals surface area contributed by atoms with Gasteiger partial charge < -0.3 is 9.31 Å². The Labute approximate surface area is 335 Å². The molecule has 1 aliphatic rings. The molecule has 0 N–H and O–H groups in total.